The summed E-state index contributed by atoms with van der Waals surface area (Å²) in [5, 5.41) is 5.07. The topological polar surface area (TPSA) is 47.6 Å². The van der Waals surface area contributed by atoms with Gasteiger partial charge in [0.15, 0.2) is 0 Å². The Bertz CT molecular complexity index is 624. The van der Waals surface area contributed by atoms with Gasteiger partial charge in [-0.25, -0.2) is 0 Å². The molecule has 0 aliphatic carbocycles. The number of hydrogen-bond donors (Lipinski definition) is 1. The lowest BCUT2D eigenvalue weighted by Gasteiger charge is -2.13. The van der Waals surface area contributed by atoms with Crippen LogP contribution in [-0.4, -0.2) is 33.3 Å². The molecule has 0 heterocycles. The van der Waals surface area contributed by atoms with Crippen molar-refractivity contribution in [2.24, 2.45) is 0 Å². The average Bonchev–Trinajstić information content (AvgIpc) is 2.53. The zero-order chi connectivity index (χ0) is 15.2. The molecule has 0 saturated heterocycles. The van der Waals surface area contributed by atoms with Crippen LogP contribution in [0.3, 0.4) is 0 Å². The number of carbonyl (C=O) groups is 1. The molecule has 4 nitrogen and oxygen atoms in total. The molecular formula is C17H21NO3. The van der Waals surface area contributed by atoms with Crippen LogP contribution in [0.1, 0.15) is 18.4 Å². The fourth-order valence-corrected chi connectivity index (χ4v) is 2.22. The predicted octanol–water partition coefficient (Wildman–Crippen LogP) is 2.71. The van der Waals surface area contributed by atoms with Crippen molar-refractivity contribution in [1.82, 2.24) is 5.32 Å². The molecule has 112 valence electrons. The minimum Gasteiger partial charge on any atom is -0.497 e. The van der Waals surface area contributed by atoms with Crippen molar-refractivity contribution in [3.8, 4) is 5.75 Å². The van der Waals surface area contributed by atoms with Crippen LogP contribution in [0.2, 0.25) is 0 Å². The predicted molar refractivity (Wildman–Crippen MR) is 83.8 cm³/mol. The molecule has 0 aliphatic heterocycles. The number of hydrogen-bond acceptors (Lipinski definition) is 3. The zero-order valence-corrected chi connectivity index (χ0v) is 12.7. The molecule has 0 fully saturated rings. The second-order valence-electron chi connectivity index (χ2n) is 4.98. The van der Waals surface area contributed by atoms with Gasteiger partial charge in [0.1, 0.15) is 5.75 Å². The lowest BCUT2D eigenvalue weighted by atomic mass is 9.97. The van der Waals surface area contributed by atoms with Crippen molar-refractivity contribution in [2.75, 3.05) is 27.4 Å². The molecule has 1 N–H and O–H groups in total. The van der Waals surface area contributed by atoms with Gasteiger partial charge in [0, 0.05) is 13.7 Å². The number of ether oxygens (including phenoxy) is 2. The van der Waals surface area contributed by atoms with Gasteiger partial charge < -0.3 is 14.8 Å². The van der Waals surface area contributed by atoms with Crippen LogP contribution in [0, 0.1) is 0 Å². The van der Waals surface area contributed by atoms with Crippen molar-refractivity contribution in [1.29, 1.82) is 0 Å². The van der Waals surface area contributed by atoms with Crippen LogP contribution in [0.25, 0.3) is 10.8 Å². The van der Waals surface area contributed by atoms with Gasteiger partial charge in [-0.2, -0.15) is 0 Å². The summed E-state index contributed by atoms with van der Waals surface area (Å²) >= 11 is 0. The Hall–Kier alpha value is -2.07. The van der Waals surface area contributed by atoms with Crippen molar-refractivity contribution in [3.63, 3.8) is 0 Å². The largest absolute Gasteiger partial charge is 0.497 e. The van der Waals surface area contributed by atoms with Gasteiger partial charge in [-0.15, -0.1) is 0 Å². The number of nitrogens with one attached hydrogen (secondary N) is 1. The van der Waals surface area contributed by atoms with Gasteiger partial charge in [0.05, 0.1) is 19.6 Å². The highest BCUT2D eigenvalue weighted by atomic mass is 16.5. The molecule has 2 rings (SSSR count). The van der Waals surface area contributed by atoms with Crippen LogP contribution < -0.4 is 10.1 Å². The standard InChI is InChI=1S/C17H21NO3/c1-12(17(19)18-8-9-20-2)13-4-5-15-11-16(21-3)7-6-14(15)10-13/h4-7,10-12H,8-9H2,1-3H3,(H,18,19). The molecule has 0 aromatic heterocycles. The van der Waals surface area contributed by atoms with Gasteiger partial charge in [-0.05, 0) is 35.4 Å². The Morgan fingerprint density at radius 1 is 1.14 bits per heavy atom. The quantitative estimate of drug-likeness (QED) is 0.831. The van der Waals surface area contributed by atoms with Gasteiger partial charge in [0.25, 0.3) is 0 Å². The average molecular weight is 287 g/mol. The van der Waals surface area contributed by atoms with E-state index >= 15 is 0 Å². The fourth-order valence-electron chi connectivity index (χ4n) is 2.22. The first-order valence-electron chi connectivity index (χ1n) is 7.00. The third-order valence-corrected chi connectivity index (χ3v) is 3.57. The second kappa shape index (κ2) is 7.09. The Morgan fingerprint density at radius 3 is 2.57 bits per heavy atom. The van der Waals surface area contributed by atoms with Crippen molar-refractivity contribution in [3.05, 3.63) is 42.0 Å². The number of amides is 1. The van der Waals surface area contributed by atoms with E-state index < -0.39 is 0 Å². The van der Waals surface area contributed by atoms with Gasteiger partial charge in [-0.3, -0.25) is 4.79 Å². The summed E-state index contributed by atoms with van der Waals surface area (Å²) in [6.45, 7) is 2.97. The van der Waals surface area contributed by atoms with E-state index in [-0.39, 0.29) is 11.8 Å². The molecule has 0 spiro atoms. The minimum atomic E-state index is -0.187. The van der Waals surface area contributed by atoms with E-state index in [9.17, 15) is 4.79 Å². The smallest absolute Gasteiger partial charge is 0.227 e. The van der Waals surface area contributed by atoms with Crippen molar-refractivity contribution in [2.45, 2.75) is 12.8 Å². The first kappa shape index (κ1) is 15.3. The molecule has 2 aromatic rings. The highest BCUT2D eigenvalue weighted by Gasteiger charge is 2.15. The summed E-state index contributed by atoms with van der Waals surface area (Å²) in [6, 6.07) is 12.0. The normalized spacial score (nSPS) is 12.1. The monoisotopic (exact) mass is 287 g/mol. The second-order valence-corrected chi connectivity index (χ2v) is 4.98. The molecule has 1 atom stereocenters. The zero-order valence-electron chi connectivity index (χ0n) is 12.7. The van der Waals surface area contributed by atoms with Gasteiger partial charge in [-0.1, -0.05) is 24.3 Å². The molecular weight excluding hydrogens is 266 g/mol. The number of benzene rings is 2. The third kappa shape index (κ3) is 3.73. The molecule has 2 aromatic carbocycles. The lowest BCUT2D eigenvalue weighted by molar-refractivity contribution is -0.122. The van der Waals surface area contributed by atoms with E-state index in [1.807, 2.05) is 37.3 Å². The third-order valence-electron chi connectivity index (χ3n) is 3.57. The summed E-state index contributed by atoms with van der Waals surface area (Å²) in [4.78, 5) is 12.1. The molecule has 4 heteroatoms. The number of methoxy groups -OCH3 is 2. The summed E-state index contributed by atoms with van der Waals surface area (Å²) in [5.41, 5.74) is 1.00. The first-order chi connectivity index (χ1) is 10.2. The molecule has 0 bridgehead atoms. The fraction of sp³-hybridized carbons (Fsp3) is 0.353. The summed E-state index contributed by atoms with van der Waals surface area (Å²) in [5.74, 6) is 0.661. The van der Waals surface area contributed by atoms with E-state index in [0.717, 1.165) is 22.1 Å². The number of fused-ring (bicyclic) bond motifs is 1. The van der Waals surface area contributed by atoms with Crippen LogP contribution in [-0.2, 0) is 9.53 Å². The van der Waals surface area contributed by atoms with Crippen LogP contribution in [0.5, 0.6) is 5.75 Å². The van der Waals surface area contributed by atoms with E-state index in [0.29, 0.717) is 13.2 Å². The number of rotatable bonds is 6. The molecule has 0 saturated carbocycles. The van der Waals surface area contributed by atoms with Crippen molar-refractivity contribution >= 4 is 16.7 Å². The molecule has 21 heavy (non-hydrogen) atoms. The summed E-state index contributed by atoms with van der Waals surface area (Å²) < 4.78 is 10.1. The SMILES string of the molecule is COCCNC(=O)C(C)c1ccc2cc(OC)ccc2c1. The van der Waals surface area contributed by atoms with E-state index in [1.54, 1.807) is 14.2 Å². The Balaban J connectivity index is 2.16. The van der Waals surface area contributed by atoms with E-state index in [2.05, 4.69) is 11.4 Å². The van der Waals surface area contributed by atoms with Crippen LogP contribution in [0.15, 0.2) is 36.4 Å². The minimum absolute atomic E-state index is 0.0138. The van der Waals surface area contributed by atoms with E-state index in [4.69, 9.17) is 9.47 Å². The Morgan fingerprint density at radius 2 is 1.86 bits per heavy atom. The van der Waals surface area contributed by atoms with E-state index in [1.165, 1.54) is 0 Å². The van der Waals surface area contributed by atoms with Crippen LogP contribution >= 0.6 is 0 Å². The lowest BCUT2D eigenvalue weighted by Crippen LogP contribution is -2.30. The number of carbonyl (C=O) groups excluding carboxylic acids is 1. The van der Waals surface area contributed by atoms with Gasteiger partial charge >= 0.3 is 0 Å². The van der Waals surface area contributed by atoms with Crippen molar-refractivity contribution < 1.29 is 14.3 Å². The van der Waals surface area contributed by atoms with Crippen LogP contribution in [0.4, 0.5) is 0 Å². The maximum atomic E-state index is 12.1. The molecule has 0 aliphatic rings. The Labute approximate surface area is 125 Å². The highest BCUT2D eigenvalue weighted by molar-refractivity contribution is 5.88. The maximum absolute atomic E-state index is 12.1. The summed E-state index contributed by atoms with van der Waals surface area (Å²) in [7, 11) is 3.27. The first-order valence-corrected chi connectivity index (χ1v) is 7.00. The molecule has 1 amide bonds. The molecule has 1 unspecified atom stereocenters. The summed E-state index contributed by atoms with van der Waals surface area (Å²) in [6.07, 6.45) is 0. The molecule has 0 radical (unpaired) electrons. The highest BCUT2D eigenvalue weighted by Crippen LogP contribution is 2.25. The van der Waals surface area contributed by atoms with Gasteiger partial charge in [0.2, 0.25) is 5.91 Å². The Kier molecular flexibility index (Phi) is 5.17. The maximum Gasteiger partial charge on any atom is 0.227 e.